The summed E-state index contributed by atoms with van der Waals surface area (Å²) in [5, 5.41) is 4.41. The predicted molar refractivity (Wildman–Crippen MR) is 98.8 cm³/mol. The molecule has 0 unspecified atom stereocenters. The molecule has 0 saturated carbocycles. The molecule has 3 N–H and O–H groups in total. The lowest BCUT2D eigenvalue weighted by molar-refractivity contribution is 0.102. The Bertz CT molecular complexity index is 1170. The van der Waals surface area contributed by atoms with Crippen LogP contribution < -0.4 is 16.6 Å². The van der Waals surface area contributed by atoms with Crippen molar-refractivity contribution in [3.63, 3.8) is 0 Å². The molecule has 8 nitrogen and oxygen atoms in total. The molecule has 0 saturated heterocycles. The third-order valence-corrected chi connectivity index (χ3v) is 4.68. The highest BCUT2D eigenvalue weighted by Gasteiger charge is 2.16. The van der Waals surface area contributed by atoms with Gasteiger partial charge in [-0.15, -0.1) is 11.3 Å². The first-order valence-corrected chi connectivity index (χ1v) is 8.61. The summed E-state index contributed by atoms with van der Waals surface area (Å²) in [7, 11) is 0. The Hall–Kier alpha value is -3.46. The number of thiophene rings is 1. The highest BCUT2D eigenvalue weighted by Crippen LogP contribution is 2.13. The van der Waals surface area contributed by atoms with Gasteiger partial charge in [-0.2, -0.15) is 0 Å². The maximum atomic E-state index is 12.6. The number of imidazole rings is 1. The quantitative estimate of drug-likeness (QED) is 0.510. The van der Waals surface area contributed by atoms with Gasteiger partial charge in [-0.3, -0.25) is 19.5 Å². The van der Waals surface area contributed by atoms with Crippen LogP contribution in [0.2, 0.25) is 0 Å². The van der Waals surface area contributed by atoms with E-state index in [1.54, 1.807) is 6.07 Å². The predicted octanol–water partition coefficient (Wildman–Crippen LogP) is 1.77. The normalized spacial score (nSPS) is 10.9. The highest BCUT2D eigenvalue weighted by atomic mass is 32.1. The van der Waals surface area contributed by atoms with Crippen molar-refractivity contribution in [1.82, 2.24) is 19.5 Å². The molecule has 26 heavy (non-hydrogen) atoms. The van der Waals surface area contributed by atoms with Crippen LogP contribution in [0.15, 0.2) is 57.6 Å². The number of hydrogen-bond donors (Lipinski definition) is 3. The number of amides is 1. The first-order valence-electron chi connectivity index (χ1n) is 7.73. The van der Waals surface area contributed by atoms with E-state index in [4.69, 9.17) is 0 Å². The SMILES string of the molecule is O=C(Nc1nc2ccccc2[nH]1)c1c[nH]c(=O)n(Cc2cccs2)c1=O. The lowest BCUT2D eigenvalue weighted by Crippen LogP contribution is -2.39. The summed E-state index contributed by atoms with van der Waals surface area (Å²) >= 11 is 1.43. The van der Waals surface area contributed by atoms with E-state index >= 15 is 0 Å². The zero-order chi connectivity index (χ0) is 18.1. The first kappa shape index (κ1) is 16.0. The van der Waals surface area contributed by atoms with E-state index in [0.29, 0.717) is 5.52 Å². The molecule has 0 aliphatic rings. The molecule has 0 aliphatic carbocycles. The molecule has 0 spiro atoms. The Morgan fingerprint density at radius 2 is 2.04 bits per heavy atom. The number of H-pyrrole nitrogens is 2. The van der Waals surface area contributed by atoms with Gasteiger partial charge in [0.2, 0.25) is 5.95 Å². The summed E-state index contributed by atoms with van der Waals surface area (Å²) < 4.78 is 0.999. The minimum Gasteiger partial charge on any atom is -0.324 e. The third kappa shape index (κ3) is 2.95. The fourth-order valence-electron chi connectivity index (χ4n) is 2.56. The number of anilines is 1. The zero-order valence-electron chi connectivity index (χ0n) is 13.4. The number of carbonyl (C=O) groups is 1. The Kier molecular flexibility index (Phi) is 3.98. The average molecular weight is 367 g/mol. The van der Waals surface area contributed by atoms with Crippen molar-refractivity contribution in [2.45, 2.75) is 6.54 Å². The van der Waals surface area contributed by atoms with E-state index in [2.05, 4.69) is 20.3 Å². The van der Waals surface area contributed by atoms with Gasteiger partial charge in [0, 0.05) is 11.1 Å². The van der Waals surface area contributed by atoms with E-state index < -0.39 is 17.2 Å². The maximum absolute atomic E-state index is 12.6. The molecule has 1 amide bonds. The zero-order valence-corrected chi connectivity index (χ0v) is 14.2. The number of nitrogens with one attached hydrogen (secondary N) is 3. The summed E-state index contributed by atoms with van der Waals surface area (Å²) in [4.78, 5) is 47.5. The van der Waals surface area contributed by atoms with Crippen molar-refractivity contribution in [2.24, 2.45) is 0 Å². The number of hydrogen-bond acceptors (Lipinski definition) is 5. The van der Waals surface area contributed by atoms with E-state index in [9.17, 15) is 14.4 Å². The number of aromatic nitrogens is 4. The summed E-state index contributed by atoms with van der Waals surface area (Å²) in [6, 6.07) is 11.0. The summed E-state index contributed by atoms with van der Waals surface area (Å²) in [5.74, 6) is -0.420. The van der Waals surface area contributed by atoms with Crippen LogP contribution in [-0.4, -0.2) is 25.4 Å². The van der Waals surface area contributed by atoms with Crippen molar-refractivity contribution in [3.05, 3.63) is 79.3 Å². The number of rotatable bonds is 4. The van der Waals surface area contributed by atoms with Crippen molar-refractivity contribution in [3.8, 4) is 0 Å². The molecule has 1 aromatic carbocycles. The Morgan fingerprint density at radius 3 is 2.81 bits per heavy atom. The monoisotopic (exact) mass is 367 g/mol. The molecule has 130 valence electrons. The van der Waals surface area contributed by atoms with Gasteiger partial charge in [-0.1, -0.05) is 18.2 Å². The molecule has 0 radical (unpaired) electrons. The standard InChI is InChI=1S/C17H13N5O3S/c23-14(21-16-19-12-5-1-2-6-13(12)20-16)11-8-18-17(25)22(15(11)24)9-10-4-3-7-26-10/h1-8H,9H2,(H,18,25)(H2,19,20,21,23). The molecule has 9 heteroatoms. The third-order valence-electron chi connectivity index (χ3n) is 3.82. The van der Waals surface area contributed by atoms with Crippen LogP contribution in [0.3, 0.4) is 0 Å². The second-order valence-electron chi connectivity index (χ2n) is 5.53. The number of nitrogens with zero attached hydrogens (tertiary/aromatic N) is 2. The van der Waals surface area contributed by atoms with Gasteiger partial charge in [0.1, 0.15) is 5.56 Å². The van der Waals surface area contributed by atoms with Gasteiger partial charge in [0.15, 0.2) is 0 Å². The number of carbonyl (C=O) groups excluding carboxylic acids is 1. The van der Waals surface area contributed by atoms with Crippen molar-refractivity contribution < 1.29 is 4.79 Å². The summed E-state index contributed by atoms with van der Waals surface area (Å²) in [5.41, 5.74) is 0.0693. The molecule has 3 heterocycles. The smallest absolute Gasteiger partial charge is 0.324 e. The molecular weight excluding hydrogens is 354 g/mol. The van der Waals surface area contributed by atoms with Crippen LogP contribution in [0.25, 0.3) is 11.0 Å². The van der Waals surface area contributed by atoms with Crippen LogP contribution in [0, 0.1) is 0 Å². The van der Waals surface area contributed by atoms with Crippen LogP contribution in [0.4, 0.5) is 5.95 Å². The number of para-hydroxylation sites is 2. The van der Waals surface area contributed by atoms with Crippen LogP contribution >= 0.6 is 11.3 Å². The fraction of sp³-hybridized carbons (Fsp3) is 0.0588. The number of benzene rings is 1. The minimum absolute atomic E-state index is 0.109. The van der Waals surface area contributed by atoms with Crippen molar-refractivity contribution in [2.75, 3.05) is 5.32 Å². The largest absolute Gasteiger partial charge is 0.328 e. The molecule has 0 fully saturated rings. The molecule has 4 rings (SSSR count). The lowest BCUT2D eigenvalue weighted by Gasteiger charge is -2.06. The Labute approximate surface area is 150 Å². The van der Waals surface area contributed by atoms with E-state index in [1.165, 1.54) is 11.3 Å². The molecule has 0 bridgehead atoms. The average Bonchev–Trinajstić information content (AvgIpc) is 3.27. The maximum Gasteiger partial charge on any atom is 0.328 e. The van der Waals surface area contributed by atoms with Crippen molar-refractivity contribution in [1.29, 1.82) is 0 Å². The van der Waals surface area contributed by atoms with E-state index in [-0.39, 0.29) is 18.1 Å². The summed E-state index contributed by atoms with van der Waals surface area (Å²) in [6.07, 6.45) is 1.12. The molecular formula is C17H13N5O3S. The Balaban J connectivity index is 1.65. The Morgan fingerprint density at radius 1 is 1.19 bits per heavy atom. The van der Waals surface area contributed by atoms with Crippen molar-refractivity contribution >= 4 is 34.2 Å². The van der Waals surface area contributed by atoms with Crippen LogP contribution in [-0.2, 0) is 6.54 Å². The number of fused-ring (bicyclic) bond motifs is 1. The second kappa shape index (κ2) is 6.45. The van der Waals surface area contributed by atoms with E-state index in [0.717, 1.165) is 21.2 Å². The van der Waals surface area contributed by atoms with Gasteiger partial charge in [0.05, 0.1) is 17.6 Å². The topological polar surface area (TPSA) is 113 Å². The van der Waals surface area contributed by atoms with Gasteiger partial charge < -0.3 is 9.97 Å². The molecule has 0 aliphatic heterocycles. The van der Waals surface area contributed by atoms with E-state index in [1.807, 2.05) is 35.7 Å². The minimum atomic E-state index is -0.657. The van der Waals surface area contributed by atoms with Gasteiger partial charge in [-0.25, -0.2) is 9.78 Å². The van der Waals surface area contributed by atoms with Crippen LogP contribution in [0.1, 0.15) is 15.2 Å². The van der Waals surface area contributed by atoms with Gasteiger partial charge >= 0.3 is 5.69 Å². The highest BCUT2D eigenvalue weighted by molar-refractivity contribution is 7.09. The lowest BCUT2D eigenvalue weighted by atomic mass is 10.3. The second-order valence-corrected chi connectivity index (χ2v) is 6.57. The number of aromatic amines is 2. The first-order chi connectivity index (χ1) is 12.6. The molecule has 3 aromatic heterocycles. The molecule has 0 atom stereocenters. The summed E-state index contributed by atoms with van der Waals surface area (Å²) in [6.45, 7) is 0.109. The van der Waals surface area contributed by atoms with Gasteiger partial charge in [0.25, 0.3) is 11.5 Å². The van der Waals surface area contributed by atoms with Gasteiger partial charge in [-0.05, 0) is 23.6 Å². The van der Waals surface area contributed by atoms with Crippen LogP contribution in [0.5, 0.6) is 0 Å². The fourth-order valence-corrected chi connectivity index (χ4v) is 3.26. The molecule has 4 aromatic rings.